The number of rotatable bonds is 4. The van der Waals surface area contributed by atoms with E-state index in [9.17, 15) is 0 Å². The third-order valence-electron chi connectivity index (χ3n) is 3.87. The monoisotopic (exact) mass is 340 g/mol. The SMILES string of the molecule is C=NC(=N)c1c(-c2nn(C(C)C)c3ncnc(N)c23)noc1C(C)C. The Morgan fingerprint density at radius 1 is 1.28 bits per heavy atom. The fraction of sp³-hybridized carbons (Fsp3) is 0.375. The highest BCUT2D eigenvalue weighted by Crippen LogP contribution is 2.35. The van der Waals surface area contributed by atoms with E-state index in [-0.39, 0.29) is 17.8 Å². The van der Waals surface area contributed by atoms with E-state index in [2.05, 4.69) is 31.9 Å². The zero-order chi connectivity index (χ0) is 18.3. The highest BCUT2D eigenvalue weighted by molar-refractivity contribution is 6.08. The maximum Gasteiger partial charge on any atom is 0.164 e. The van der Waals surface area contributed by atoms with Gasteiger partial charge in [-0.3, -0.25) is 5.41 Å². The second kappa shape index (κ2) is 6.08. The molecule has 0 atom stereocenters. The van der Waals surface area contributed by atoms with E-state index < -0.39 is 0 Å². The van der Waals surface area contributed by atoms with Gasteiger partial charge in [-0.2, -0.15) is 5.10 Å². The van der Waals surface area contributed by atoms with Gasteiger partial charge < -0.3 is 10.3 Å². The summed E-state index contributed by atoms with van der Waals surface area (Å²) in [6.07, 6.45) is 1.40. The number of fused-ring (bicyclic) bond motifs is 1. The lowest BCUT2D eigenvalue weighted by Crippen LogP contribution is -2.04. The highest BCUT2D eigenvalue weighted by atomic mass is 16.5. The number of hydrogen-bond acceptors (Lipinski definition) is 7. The van der Waals surface area contributed by atoms with E-state index in [1.54, 1.807) is 4.68 Å². The van der Waals surface area contributed by atoms with Crippen molar-refractivity contribution in [2.24, 2.45) is 4.99 Å². The Kier molecular flexibility index (Phi) is 4.07. The van der Waals surface area contributed by atoms with Gasteiger partial charge in [0, 0.05) is 12.0 Å². The first kappa shape index (κ1) is 16.7. The van der Waals surface area contributed by atoms with Crippen LogP contribution in [0.3, 0.4) is 0 Å². The summed E-state index contributed by atoms with van der Waals surface area (Å²) in [5.41, 5.74) is 8.02. The molecule has 3 heterocycles. The maximum absolute atomic E-state index is 8.15. The third-order valence-corrected chi connectivity index (χ3v) is 3.87. The Bertz CT molecular complexity index is 966. The summed E-state index contributed by atoms with van der Waals surface area (Å²) >= 11 is 0. The molecule has 0 aromatic carbocycles. The lowest BCUT2D eigenvalue weighted by atomic mass is 10.0. The lowest BCUT2D eigenvalue weighted by molar-refractivity contribution is 0.372. The molecule has 25 heavy (non-hydrogen) atoms. The molecule has 9 nitrogen and oxygen atoms in total. The van der Waals surface area contributed by atoms with Crippen LogP contribution in [0.1, 0.15) is 51.0 Å². The molecular formula is C16H20N8O. The minimum Gasteiger partial charge on any atom is -0.383 e. The summed E-state index contributed by atoms with van der Waals surface area (Å²) in [7, 11) is 0. The normalized spacial score (nSPS) is 11.6. The molecule has 3 aromatic rings. The molecule has 3 aromatic heterocycles. The van der Waals surface area contributed by atoms with Crippen molar-refractivity contribution in [2.75, 3.05) is 5.73 Å². The van der Waals surface area contributed by atoms with Gasteiger partial charge in [0.2, 0.25) is 0 Å². The van der Waals surface area contributed by atoms with Crippen LogP contribution in [0.25, 0.3) is 22.4 Å². The first-order chi connectivity index (χ1) is 11.9. The molecule has 0 saturated carbocycles. The molecule has 130 valence electrons. The van der Waals surface area contributed by atoms with Gasteiger partial charge in [-0.15, -0.1) is 0 Å². The van der Waals surface area contributed by atoms with Crippen molar-refractivity contribution in [3.05, 3.63) is 17.7 Å². The van der Waals surface area contributed by atoms with E-state index in [1.807, 2.05) is 27.7 Å². The Morgan fingerprint density at radius 2 is 2.00 bits per heavy atom. The van der Waals surface area contributed by atoms with Crippen molar-refractivity contribution in [1.29, 1.82) is 5.41 Å². The molecule has 0 spiro atoms. The van der Waals surface area contributed by atoms with E-state index in [1.165, 1.54) is 6.33 Å². The Hall–Kier alpha value is -3.10. The molecule has 0 bridgehead atoms. The molecular weight excluding hydrogens is 320 g/mol. The van der Waals surface area contributed by atoms with Crippen LogP contribution < -0.4 is 5.73 Å². The van der Waals surface area contributed by atoms with Crippen LogP contribution in [0.4, 0.5) is 5.82 Å². The van der Waals surface area contributed by atoms with Crippen molar-refractivity contribution in [2.45, 2.75) is 39.7 Å². The second-order valence-electron chi connectivity index (χ2n) is 6.28. The van der Waals surface area contributed by atoms with Gasteiger partial charge in [-0.05, 0) is 20.6 Å². The smallest absolute Gasteiger partial charge is 0.164 e. The van der Waals surface area contributed by atoms with Gasteiger partial charge in [0.05, 0.1) is 10.9 Å². The van der Waals surface area contributed by atoms with Crippen LogP contribution in [-0.2, 0) is 0 Å². The minimum atomic E-state index is -0.0254. The number of anilines is 1. The molecule has 0 aliphatic rings. The standard InChI is InChI=1S/C16H20N8O/c1-7(2)13-9(14(17)19-5)12(23-25-13)11-10-15(18)20-6-21-16(10)24(22-11)8(3)4/h6-8,17H,5H2,1-4H3,(H2,18,20,21). The molecule has 0 aliphatic carbocycles. The summed E-state index contributed by atoms with van der Waals surface area (Å²) in [5, 5.41) is 17.5. The van der Waals surface area contributed by atoms with Crippen LogP contribution in [0.2, 0.25) is 0 Å². The molecule has 0 fully saturated rings. The zero-order valence-corrected chi connectivity index (χ0v) is 14.6. The minimum absolute atomic E-state index is 0.0189. The molecule has 0 aliphatic heterocycles. The quantitative estimate of drug-likeness (QED) is 0.554. The van der Waals surface area contributed by atoms with Crippen LogP contribution in [0.5, 0.6) is 0 Å². The Labute approximate surface area is 144 Å². The topological polar surface area (TPSA) is 132 Å². The van der Waals surface area contributed by atoms with Gasteiger partial charge in [0.25, 0.3) is 0 Å². The number of nitrogens with one attached hydrogen (secondary N) is 1. The fourth-order valence-electron chi connectivity index (χ4n) is 2.69. The summed E-state index contributed by atoms with van der Waals surface area (Å²) in [5.74, 6) is 0.841. The number of nitrogens with zero attached hydrogens (tertiary/aromatic N) is 6. The lowest BCUT2D eigenvalue weighted by Gasteiger charge is -2.05. The summed E-state index contributed by atoms with van der Waals surface area (Å²) in [4.78, 5) is 12.1. The molecule has 0 saturated heterocycles. The number of hydrogen-bond donors (Lipinski definition) is 2. The number of aliphatic imine (C=N–C) groups is 1. The molecule has 3 N–H and O–H groups in total. The van der Waals surface area contributed by atoms with Crippen LogP contribution >= 0.6 is 0 Å². The number of aromatic nitrogens is 5. The molecule has 0 amide bonds. The largest absolute Gasteiger partial charge is 0.383 e. The highest BCUT2D eigenvalue weighted by Gasteiger charge is 2.28. The second-order valence-corrected chi connectivity index (χ2v) is 6.28. The average molecular weight is 340 g/mol. The molecule has 9 heteroatoms. The molecule has 0 radical (unpaired) electrons. The maximum atomic E-state index is 8.15. The van der Waals surface area contributed by atoms with Crippen molar-refractivity contribution in [3.8, 4) is 11.4 Å². The molecule has 0 unspecified atom stereocenters. The van der Waals surface area contributed by atoms with Crippen LogP contribution in [0.15, 0.2) is 15.8 Å². The van der Waals surface area contributed by atoms with E-state index in [0.717, 1.165) is 0 Å². The summed E-state index contributed by atoms with van der Waals surface area (Å²) in [6.45, 7) is 11.3. The third kappa shape index (κ3) is 2.57. The first-order valence-corrected chi connectivity index (χ1v) is 7.91. The van der Waals surface area contributed by atoms with E-state index in [0.29, 0.717) is 39.6 Å². The van der Waals surface area contributed by atoms with Crippen molar-refractivity contribution < 1.29 is 4.52 Å². The van der Waals surface area contributed by atoms with Gasteiger partial charge in [0.1, 0.15) is 23.5 Å². The number of amidine groups is 1. The number of nitrogen functional groups attached to an aromatic ring is 1. The summed E-state index contributed by atoms with van der Waals surface area (Å²) in [6, 6.07) is 0.0578. The van der Waals surface area contributed by atoms with Gasteiger partial charge in [0.15, 0.2) is 17.2 Å². The van der Waals surface area contributed by atoms with Gasteiger partial charge >= 0.3 is 0 Å². The Balaban J connectivity index is 2.38. The number of nitrogens with two attached hydrogens (primary N) is 1. The van der Waals surface area contributed by atoms with Gasteiger partial charge in [-0.1, -0.05) is 19.0 Å². The predicted octanol–water partition coefficient (Wildman–Crippen LogP) is 2.79. The van der Waals surface area contributed by atoms with E-state index in [4.69, 9.17) is 15.7 Å². The first-order valence-electron chi connectivity index (χ1n) is 7.91. The predicted molar refractivity (Wildman–Crippen MR) is 96.1 cm³/mol. The van der Waals surface area contributed by atoms with E-state index >= 15 is 0 Å². The van der Waals surface area contributed by atoms with Gasteiger partial charge in [-0.25, -0.2) is 19.6 Å². The molecule has 3 rings (SSSR count). The fourth-order valence-corrected chi connectivity index (χ4v) is 2.69. The van der Waals surface area contributed by atoms with Crippen LogP contribution in [-0.4, -0.2) is 37.5 Å². The van der Waals surface area contributed by atoms with Crippen molar-refractivity contribution in [3.63, 3.8) is 0 Å². The Morgan fingerprint density at radius 3 is 2.60 bits per heavy atom. The van der Waals surface area contributed by atoms with Crippen LogP contribution in [0, 0.1) is 5.41 Å². The zero-order valence-electron chi connectivity index (χ0n) is 14.6. The summed E-state index contributed by atoms with van der Waals surface area (Å²) < 4.78 is 7.23. The van der Waals surface area contributed by atoms with Crippen molar-refractivity contribution >= 4 is 29.4 Å². The van der Waals surface area contributed by atoms with Crippen molar-refractivity contribution in [1.82, 2.24) is 24.9 Å². The average Bonchev–Trinajstić information content (AvgIpc) is 3.16.